The Kier molecular flexibility index (Phi) is 6.68. The third-order valence-electron chi connectivity index (χ3n) is 7.33. The number of pyridine rings is 2. The molecule has 32 heavy (non-hydrogen) atoms. The molecule has 2 aromatic heterocycles. The monoisotopic (exact) mass is 473 g/mol. The third-order valence-corrected chi connectivity index (χ3v) is 7.55. The summed E-state index contributed by atoms with van der Waals surface area (Å²) in [5.41, 5.74) is 2.07. The minimum atomic E-state index is -0.213. The van der Waals surface area contributed by atoms with Gasteiger partial charge in [-0.25, -0.2) is 9.37 Å². The highest BCUT2D eigenvalue weighted by molar-refractivity contribution is 6.30. The predicted octanol–water partition coefficient (Wildman–Crippen LogP) is 6.64. The van der Waals surface area contributed by atoms with Crippen LogP contribution in [0.1, 0.15) is 44.1 Å². The van der Waals surface area contributed by atoms with Crippen LogP contribution < -0.4 is 5.32 Å². The lowest BCUT2D eigenvalue weighted by Crippen LogP contribution is -2.26. The molecule has 1 N–H and O–H groups in total. The average Bonchev–Trinajstić information content (AvgIpc) is 3.33. The fourth-order valence-electron chi connectivity index (χ4n) is 5.73. The van der Waals surface area contributed by atoms with E-state index in [1.165, 1.54) is 17.8 Å². The van der Waals surface area contributed by atoms with Gasteiger partial charge in [-0.1, -0.05) is 18.5 Å². The summed E-state index contributed by atoms with van der Waals surface area (Å²) in [6, 6.07) is 10.4. The van der Waals surface area contributed by atoms with Crippen LogP contribution in [0.15, 0.2) is 48.8 Å². The van der Waals surface area contributed by atoms with E-state index in [0.29, 0.717) is 34.5 Å². The van der Waals surface area contributed by atoms with E-state index >= 15 is 0 Å². The Morgan fingerprint density at radius 2 is 1.84 bits per heavy atom. The second-order valence-electron chi connectivity index (χ2n) is 9.12. The van der Waals surface area contributed by atoms with Crippen molar-refractivity contribution >= 4 is 46.6 Å². The molecule has 2 aliphatic rings. The summed E-state index contributed by atoms with van der Waals surface area (Å²) in [4.78, 5) is 21.3. The zero-order valence-corrected chi connectivity index (χ0v) is 19.4. The molecule has 0 bridgehead atoms. The molecule has 5 atom stereocenters. The van der Waals surface area contributed by atoms with Gasteiger partial charge in [0.15, 0.2) is 0 Å². The maximum Gasteiger partial charge on any atom is 0.228 e. The second-order valence-corrected chi connectivity index (χ2v) is 9.56. The van der Waals surface area contributed by atoms with Crippen molar-refractivity contribution in [2.75, 3.05) is 5.32 Å². The van der Waals surface area contributed by atoms with Crippen LogP contribution in [0.5, 0.6) is 0 Å². The lowest BCUT2D eigenvalue weighted by molar-refractivity contribution is -0.120. The van der Waals surface area contributed by atoms with Crippen molar-refractivity contribution in [3.8, 4) is 0 Å². The SMILES string of the molecule is C[C@@H](C(=O)Nc1ccc(Cl)cn1)[C@@H]1C[C@H]2C[C@@H](c3ccnc4ccc(F)cc34)C[C@H]2C1.Cl. The summed E-state index contributed by atoms with van der Waals surface area (Å²) in [5.74, 6) is 2.35. The van der Waals surface area contributed by atoms with Gasteiger partial charge in [-0.3, -0.25) is 9.78 Å². The first-order chi connectivity index (χ1) is 15.0. The molecule has 4 nitrogen and oxygen atoms in total. The van der Waals surface area contributed by atoms with Gasteiger partial charge in [-0.15, -0.1) is 12.4 Å². The second kappa shape index (κ2) is 9.32. The zero-order valence-electron chi connectivity index (χ0n) is 17.8. The summed E-state index contributed by atoms with van der Waals surface area (Å²) < 4.78 is 13.8. The van der Waals surface area contributed by atoms with Gasteiger partial charge >= 0.3 is 0 Å². The number of carbonyl (C=O) groups is 1. The van der Waals surface area contributed by atoms with E-state index in [9.17, 15) is 9.18 Å². The van der Waals surface area contributed by atoms with E-state index in [0.717, 1.165) is 36.6 Å². The number of rotatable bonds is 4. The van der Waals surface area contributed by atoms with E-state index < -0.39 is 0 Å². The van der Waals surface area contributed by atoms with Crippen LogP contribution in [0.25, 0.3) is 10.9 Å². The maximum atomic E-state index is 13.8. The Hall–Kier alpha value is -2.24. The molecule has 1 amide bonds. The number of amides is 1. The van der Waals surface area contributed by atoms with Gasteiger partial charge < -0.3 is 5.32 Å². The van der Waals surface area contributed by atoms with Crippen molar-refractivity contribution < 1.29 is 9.18 Å². The molecular weight excluding hydrogens is 448 g/mol. The summed E-state index contributed by atoms with van der Waals surface area (Å²) in [6.07, 6.45) is 7.72. The number of hydrogen-bond donors (Lipinski definition) is 1. The fourth-order valence-corrected chi connectivity index (χ4v) is 5.84. The number of fused-ring (bicyclic) bond motifs is 2. The van der Waals surface area contributed by atoms with E-state index in [1.807, 2.05) is 13.1 Å². The van der Waals surface area contributed by atoms with Gasteiger partial charge in [0.25, 0.3) is 0 Å². The largest absolute Gasteiger partial charge is 0.310 e. The number of halogens is 3. The smallest absolute Gasteiger partial charge is 0.228 e. The van der Waals surface area contributed by atoms with Crippen molar-refractivity contribution in [1.29, 1.82) is 0 Å². The molecule has 0 aliphatic heterocycles. The molecule has 1 aromatic carbocycles. The topological polar surface area (TPSA) is 54.9 Å². The van der Waals surface area contributed by atoms with Gasteiger partial charge in [-0.05, 0) is 91.3 Å². The quantitative estimate of drug-likeness (QED) is 0.461. The number of hydrogen-bond acceptors (Lipinski definition) is 3. The molecule has 0 radical (unpaired) electrons. The molecule has 0 spiro atoms. The number of nitrogens with zero attached hydrogens (tertiary/aromatic N) is 2. The summed E-state index contributed by atoms with van der Waals surface area (Å²) in [6.45, 7) is 2.02. The molecule has 5 rings (SSSR count). The molecule has 7 heteroatoms. The first-order valence-electron chi connectivity index (χ1n) is 10.9. The van der Waals surface area contributed by atoms with Crippen LogP contribution in [-0.2, 0) is 4.79 Å². The predicted molar refractivity (Wildman–Crippen MR) is 128 cm³/mol. The fraction of sp³-hybridized carbons (Fsp3) is 0.400. The van der Waals surface area contributed by atoms with Crippen LogP contribution in [0.3, 0.4) is 0 Å². The maximum absolute atomic E-state index is 13.8. The molecule has 0 unspecified atom stereocenters. The van der Waals surface area contributed by atoms with Gasteiger partial charge in [0.05, 0.1) is 10.5 Å². The molecule has 2 saturated carbocycles. The summed E-state index contributed by atoms with van der Waals surface area (Å²) in [5, 5.41) is 4.41. The van der Waals surface area contributed by atoms with E-state index in [4.69, 9.17) is 11.6 Å². The van der Waals surface area contributed by atoms with E-state index in [-0.39, 0.29) is 30.0 Å². The highest BCUT2D eigenvalue weighted by Crippen LogP contribution is 2.54. The summed E-state index contributed by atoms with van der Waals surface area (Å²) >= 11 is 5.87. The molecule has 0 saturated heterocycles. The first kappa shape index (κ1) is 22.9. The van der Waals surface area contributed by atoms with Crippen molar-refractivity contribution in [2.45, 2.75) is 38.5 Å². The minimum absolute atomic E-state index is 0. The number of aromatic nitrogens is 2. The van der Waals surface area contributed by atoms with Crippen molar-refractivity contribution in [1.82, 2.24) is 9.97 Å². The lowest BCUT2D eigenvalue weighted by atomic mass is 9.86. The number of anilines is 1. The Labute approximate surface area is 198 Å². The van der Waals surface area contributed by atoms with Crippen molar-refractivity contribution in [2.24, 2.45) is 23.7 Å². The van der Waals surface area contributed by atoms with Crippen LogP contribution in [0, 0.1) is 29.5 Å². The molecule has 168 valence electrons. The highest BCUT2D eigenvalue weighted by Gasteiger charge is 2.44. The van der Waals surface area contributed by atoms with Crippen LogP contribution in [0.4, 0.5) is 10.2 Å². The minimum Gasteiger partial charge on any atom is -0.310 e. The molecule has 2 aliphatic carbocycles. The Balaban J connectivity index is 0.00000245. The molecule has 2 fully saturated rings. The summed E-state index contributed by atoms with van der Waals surface area (Å²) in [7, 11) is 0. The first-order valence-corrected chi connectivity index (χ1v) is 11.3. The third kappa shape index (κ3) is 4.46. The van der Waals surface area contributed by atoms with Gasteiger partial charge in [-0.2, -0.15) is 0 Å². The van der Waals surface area contributed by atoms with Gasteiger partial charge in [0, 0.05) is 23.7 Å². The van der Waals surface area contributed by atoms with Gasteiger partial charge in [0.2, 0.25) is 5.91 Å². The zero-order chi connectivity index (χ0) is 21.5. The number of benzene rings is 1. The normalized spacial score (nSPS) is 25.2. The van der Waals surface area contributed by atoms with E-state index in [2.05, 4.69) is 21.4 Å². The van der Waals surface area contributed by atoms with E-state index in [1.54, 1.807) is 24.3 Å². The average molecular weight is 474 g/mol. The van der Waals surface area contributed by atoms with Gasteiger partial charge in [0.1, 0.15) is 11.6 Å². The van der Waals surface area contributed by atoms with Crippen LogP contribution in [0.2, 0.25) is 5.02 Å². The molecule has 2 heterocycles. The van der Waals surface area contributed by atoms with Crippen molar-refractivity contribution in [3.63, 3.8) is 0 Å². The molecular formula is C25H26Cl2FN3O. The Morgan fingerprint density at radius 3 is 2.53 bits per heavy atom. The van der Waals surface area contributed by atoms with Crippen molar-refractivity contribution in [3.05, 3.63) is 65.2 Å². The number of nitrogens with one attached hydrogen (secondary N) is 1. The highest BCUT2D eigenvalue weighted by atomic mass is 35.5. The standard InChI is InChI=1S/C25H25ClFN3O.ClH/c1-14(25(31)30-24-5-2-19(26)13-29-24)15-8-16-10-18(11-17(16)9-15)21-6-7-28-23-4-3-20(27)12-22(21)23;/h2-7,12-18H,8-11H2,1H3,(H,29,30,31);1H/t14-,15-,16+,17-,18-;/m1./s1. The lowest BCUT2D eigenvalue weighted by Gasteiger charge is -2.21. The molecule has 3 aromatic rings. The Bertz CT molecular complexity index is 1110. The van der Waals surface area contributed by atoms with Crippen LogP contribution >= 0.6 is 24.0 Å². The number of carbonyl (C=O) groups excluding carboxylic acids is 1. The Morgan fingerprint density at radius 1 is 1.09 bits per heavy atom. The van der Waals surface area contributed by atoms with Crippen LogP contribution in [-0.4, -0.2) is 15.9 Å².